The summed E-state index contributed by atoms with van der Waals surface area (Å²) in [7, 11) is 0. The molecule has 35 heavy (non-hydrogen) atoms. The van der Waals surface area contributed by atoms with Crippen molar-refractivity contribution in [3.63, 3.8) is 0 Å². The topological polar surface area (TPSA) is 84.9 Å². The zero-order valence-corrected chi connectivity index (χ0v) is 19.3. The van der Waals surface area contributed by atoms with E-state index in [0.29, 0.717) is 33.6 Å². The predicted octanol–water partition coefficient (Wildman–Crippen LogP) is 5.12. The lowest BCUT2D eigenvalue weighted by molar-refractivity contribution is -0.122. The fourth-order valence-corrected chi connectivity index (χ4v) is 3.55. The second-order valence-corrected chi connectivity index (χ2v) is 7.90. The van der Waals surface area contributed by atoms with E-state index in [0.717, 1.165) is 11.6 Å². The van der Waals surface area contributed by atoms with Gasteiger partial charge < -0.3 is 9.47 Å². The number of ether oxygens (including phenoxy) is 2. The van der Waals surface area contributed by atoms with Gasteiger partial charge >= 0.3 is 6.03 Å². The number of hydrogen-bond donors (Lipinski definition) is 1. The third kappa shape index (κ3) is 5.33. The second-order valence-electron chi connectivity index (χ2n) is 7.46. The van der Waals surface area contributed by atoms with Crippen molar-refractivity contribution in [2.75, 3.05) is 11.5 Å². The molecule has 4 rings (SSSR count). The van der Waals surface area contributed by atoms with Crippen LogP contribution in [0.5, 0.6) is 11.5 Å². The molecular weight excluding hydrogens is 475 g/mol. The summed E-state index contributed by atoms with van der Waals surface area (Å²) in [4.78, 5) is 38.3. The average molecular weight is 495 g/mol. The molecule has 0 unspecified atom stereocenters. The normalized spacial score (nSPS) is 14.8. The number of benzene rings is 3. The maximum absolute atomic E-state index is 14.3. The van der Waals surface area contributed by atoms with Crippen molar-refractivity contribution >= 4 is 41.2 Å². The molecule has 1 N–H and O–H groups in total. The van der Waals surface area contributed by atoms with Gasteiger partial charge in [0.15, 0.2) is 11.5 Å². The van der Waals surface area contributed by atoms with E-state index < -0.39 is 23.7 Å². The van der Waals surface area contributed by atoms with E-state index in [1.807, 2.05) is 19.1 Å². The minimum atomic E-state index is -1.02. The molecular formula is C26H20ClFN2O5. The third-order valence-electron chi connectivity index (χ3n) is 5.08. The Hall–Kier alpha value is -4.17. The van der Waals surface area contributed by atoms with Crippen LogP contribution in [0.3, 0.4) is 0 Å². The third-order valence-corrected chi connectivity index (χ3v) is 5.33. The first-order chi connectivity index (χ1) is 16.9. The number of anilines is 1. The van der Waals surface area contributed by atoms with Gasteiger partial charge in [0.05, 0.1) is 12.3 Å². The fourth-order valence-electron chi connectivity index (χ4n) is 3.42. The Morgan fingerprint density at radius 1 is 0.971 bits per heavy atom. The summed E-state index contributed by atoms with van der Waals surface area (Å²) < 4.78 is 25.8. The molecule has 4 amide bonds. The van der Waals surface area contributed by atoms with Gasteiger partial charge in [0, 0.05) is 5.02 Å². The number of imide groups is 2. The van der Waals surface area contributed by atoms with Crippen LogP contribution >= 0.6 is 11.6 Å². The van der Waals surface area contributed by atoms with Gasteiger partial charge in [0.2, 0.25) is 0 Å². The lowest BCUT2D eigenvalue weighted by Gasteiger charge is -2.26. The maximum atomic E-state index is 14.3. The average Bonchev–Trinajstić information content (AvgIpc) is 2.83. The molecule has 1 saturated heterocycles. The fraction of sp³-hybridized carbons (Fsp3) is 0.115. The standard InChI is InChI=1S/C26H20ClFN2O5/c1-2-34-23-14-17(9-12-22(23)35-15-16-7-10-18(27)11-8-16)13-19-24(31)29-26(33)30(25(19)32)21-6-4-3-5-20(21)28/h3-14H,2,15H2,1H3,(H,29,31,33)/b19-13-. The SMILES string of the molecule is CCOc1cc(/C=C2/C(=O)NC(=O)N(c3ccccc3F)C2=O)ccc1OCc1ccc(Cl)cc1. The highest BCUT2D eigenvalue weighted by atomic mass is 35.5. The van der Waals surface area contributed by atoms with Crippen LogP contribution in [0.25, 0.3) is 6.08 Å². The molecule has 3 aromatic rings. The summed E-state index contributed by atoms with van der Waals surface area (Å²) in [6, 6.07) is 16.4. The van der Waals surface area contributed by atoms with Crippen LogP contribution in [0.4, 0.5) is 14.9 Å². The van der Waals surface area contributed by atoms with Crippen molar-refractivity contribution in [2.45, 2.75) is 13.5 Å². The van der Waals surface area contributed by atoms with Crippen molar-refractivity contribution in [1.29, 1.82) is 0 Å². The summed E-state index contributed by atoms with van der Waals surface area (Å²) in [6.45, 7) is 2.44. The lowest BCUT2D eigenvalue weighted by Crippen LogP contribution is -2.54. The first-order valence-corrected chi connectivity index (χ1v) is 11.0. The number of nitrogens with one attached hydrogen (secondary N) is 1. The van der Waals surface area contributed by atoms with Crippen LogP contribution in [0.15, 0.2) is 72.3 Å². The minimum Gasteiger partial charge on any atom is -0.490 e. The van der Waals surface area contributed by atoms with Crippen molar-refractivity contribution in [1.82, 2.24) is 5.32 Å². The maximum Gasteiger partial charge on any atom is 0.336 e. The predicted molar refractivity (Wildman–Crippen MR) is 129 cm³/mol. The zero-order valence-electron chi connectivity index (χ0n) is 18.6. The monoisotopic (exact) mass is 494 g/mol. The molecule has 7 nitrogen and oxygen atoms in total. The number of para-hydroxylation sites is 1. The first-order valence-electron chi connectivity index (χ1n) is 10.7. The van der Waals surface area contributed by atoms with E-state index in [9.17, 15) is 18.8 Å². The van der Waals surface area contributed by atoms with Gasteiger partial charge in [-0.05, 0) is 60.5 Å². The summed E-state index contributed by atoms with van der Waals surface area (Å²) in [5, 5.41) is 2.70. The van der Waals surface area contributed by atoms with Gasteiger partial charge in [-0.25, -0.2) is 14.1 Å². The number of carbonyl (C=O) groups excluding carboxylic acids is 3. The molecule has 0 saturated carbocycles. The van der Waals surface area contributed by atoms with Gasteiger partial charge in [-0.3, -0.25) is 14.9 Å². The van der Waals surface area contributed by atoms with E-state index in [1.54, 1.807) is 30.3 Å². The van der Waals surface area contributed by atoms with Crippen LogP contribution < -0.4 is 19.7 Å². The van der Waals surface area contributed by atoms with E-state index in [-0.39, 0.29) is 17.9 Å². The molecule has 1 aliphatic heterocycles. The molecule has 0 aromatic heterocycles. The van der Waals surface area contributed by atoms with E-state index in [4.69, 9.17) is 21.1 Å². The Balaban J connectivity index is 1.61. The molecule has 1 heterocycles. The molecule has 0 atom stereocenters. The number of urea groups is 1. The van der Waals surface area contributed by atoms with E-state index >= 15 is 0 Å². The van der Waals surface area contributed by atoms with Crippen LogP contribution in [0.2, 0.25) is 5.02 Å². The van der Waals surface area contributed by atoms with Crippen molar-refractivity contribution in [2.24, 2.45) is 0 Å². The molecule has 9 heteroatoms. The quantitative estimate of drug-likeness (QED) is 0.364. The Kier molecular flexibility index (Phi) is 7.12. The van der Waals surface area contributed by atoms with Gasteiger partial charge in [-0.2, -0.15) is 0 Å². The highest BCUT2D eigenvalue weighted by Crippen LogP contribution is 2.31. The van der Waals surface area contributed by atoms with Gasteiger partial charge in [0.1, 0.15) is 18.0 Å². The van der Waals surface area contributed by atoms with Gasteiger partial charge in [-0.1, -0.05) is 41.9 Å². The number of nitrogens with zero attached hydrogens (tertiary/aromatic N) is 1. The number of barbiturate groups is 1. The molecule has 0 aliphatic carbocycles. The first kappa shape index (κ1) is 24.0. The zero-order chi connectivity index (χ0) is 24.9. The highest BCUT2D eigenvalue weighted by Gasteiger charge is 2.37. The number of carbonyl (C=O) groups is 3. The van der Waals surface area contributed by atoms with Crippen LogP contribution in [-0.2, 0) is 16.2 Å². The summed E-state index contributed by atoms with van der Waals surface area (Å²) in [6.07, 6.45) is 1.31. The van der Waals surface area contributed by atoms with Gasteiger partial charge in [-0.15, -0.1) is 0 Å². The number of rotatable bonds is 7. The van der Waals surface area contributed by atoms with E-state index in [1.165, 1.54) is 24.3 Å². The van der Waals surface area contributed by atoms with Gasteiger partial charge in [0.25, 0.3) is 11.8 Å². The molecule has 178 valence electrons. The van der Waals surface area contributed by atoms with E-state index in [2.05, 4.69) is 5.32 Å². The molecule has 1 aliphatic rings. The van der Waals surface area contributed by atoms with Crippen molar-refractivity contribution in [3.05, 3.63) is 94.3 Å². The number of hydrogen-bond acceptors (Lipinski definition) is 5. The largest absolute Gasteiger partial charge is 0.490 e. The smallest absolute Gasteiger partial charge is 0.336 e. The van der Waals surface area contributed by atoms with Crippen LogP contribution in [0.1, 0.15) is 18.1 Å². The molecule has 0 spiro atoms. The minimum absolute atomic E-state index is 0.255. The second kappa shape index (κ2) is 10.4. The van der Waals surface area contributed by atoms with Crippen LogP contribution in [0, 0.1) is 5.82 Å². The Bertz CT molecular complexity index is 1320. The number of amides is 4. The molecule has 1 fully saturated rings. The lowest BCUT2D eigenvalue weighted by atomic mass is 10.1. The Morgan fingerprint density at radius 2 is 1.71 bits per heavy atom. The van der Waals surface area contributed by atoms with Crippen molar-refractivity contribution < 1.29 is 28.2 Å². The summed E-state index contributed by atoms with van der Waals surface area (Å²) >= 11 is 5.91. The summed E-state index contributed by atoms with van der Waals surface area (Å²) in [5.41, 5.74) is 0.776. The Morgan fingerprint density at radius 3 is 2.43 bits per heavy atom. The molecule has 3 aromatic carbocycles. The Labute approximate surface area is 205 Å². The summed E-state index contributed by atoms with van der Waals surface area (Å²) in [5.74, 6) is -1.72. The van der Waals surface area contributed by atoms with Crippen LogP contribution in [-0.4, -0.2) is 24.5 Å². The molecule has 0 bridgehead atoms. The number of halogens is 2. The molecule has 0 radical (unpaired) electrons. The highest BCUT2D eigenvalue weighted by molar-refractivity contribution is 6.39. The van der Waals surface area contributed by atoms with Crippen molar-refractivity contribution in [3.8, 4) is 11.5 Å².